The molecule has 0 atom stereocenters. The van der Waals surface area contributed by atoms with Crippen LogP contribution in [0.2, 0.25) is 0 Å². The second-order valence-electron chi connectivity index (χ2n) is 2.24. The maximum absolute atomic E-state index is 11.1. The first-order chi connectivity index (χ1) is 5.29. The molecule has 0 aliphatic carbocycles. The molecule has 0 saturated heterocycles. The zero-order valence-corrected chi connectivity index (χ0v) is 7.14. The Morgan fingerprint density at radius 1 is 1.73 bits per heavy atom. The number of nitrogens with zero attached hydrogens (tertiary/aromatic N) is 1. The van der Waals surface area contributed by atoms with Crippen LogP contribution >= 0.6 is 11.6 Å². The van der Waals surface area contributed by atoms with E-state index in [1.807, 2.05) is 23.8 Å². The Morgan fingerprint density at radius 3 is 3.00 bits per heavy atom. The summed E-state index contributed by atoms with van der Waals surface area (Å²) in [6, 6.07) is 3.64. The Kier molecular flexibility index (Phi) is 2.71. The minimum atomic E-state index is -0.0153. The van der Waals surface area contributed by atoms with Crippen LogP contribution < -0.4 is 0 Å². The van der Waals surface area contributed by atoms with Crippen molar-refractivity contribution in [3.05, 3.63) is 24.0 Å². The first kappa shape index (κ1) is 8.34. The molecule has 0 aliphatic rings. The molecule has 1 heterocycles. The fraction of sp³-hybridized carbons (Fsp3) is 0.375. The molecule has 1 aromatic heterocycles. The van der Waals surface area contributed by atoms with E-state index in [9.17, 15) is 4.79 Å². The minimum Gasteiger partial charge on any atom is -0.345 e. The van der Waals surface area contributed by atoms with Crippen LogP contribution in [-0.4, -0.2) is 16.2 Å². The SMILES string of the molecule is CCn1cccc1C(=O)CCl. The molecule has 0 saturated carbocycles. The van der Waals surface area contributed by atoms with Crippen LogP contribution in [0.4, 0.5) is 0 Å². The van der Waals surface area contributed by atoms with Crippen molar-refractivity contribution in [2.75, 3.05) is 5.88 Å². The molecular weight excluding hydrogens is 162 g/mol. The number of hydrogen-bond acceptors (Lipinski definition) is 1. The molecule has 0 radical (unpaired) electrons. The van der Waals surface area contributed by atoms with Crippen LogP contribution in [0.25, 0.3) is 0 Å². The predicted molar refractivity (Wildman–Crippen MR) is 45.2 cm³/mol. The molecule has 60 valence electrons. The van der Waals surface area contributed by atoms with E-state index in [2.05, 4.69) is 0 Å². The van der Waals surface area contributed by atoms with Gasteiger partial charge in [0.25, 0.3) is 0 Å². The van der Waals surface area contributed by atoms with Crippen molar-refractivity contribution in [1.82, 2.24) is 4.57 Å². The van der Waals surface area contributed by atoms with Crippen LogP contribution in [0.5, 0.6) is 0 Å². The number of hydrogen-bond donors (Lipinski definition) is 0. The van der Waals surface area contributed by atoms with E-state index in [0.717, 1.165) is 6.54 Å². The Hall–Kier alpha value is -0.760. The summed E-state index contributed by atoms with van der Waals surface area (Å²) in [6.07, 6.45) is 1.87. The summed E-state index contributed by atoms with van der Waals surface area (Å²) in [6.45, 7) is 2.80. The van der Waals surface area contributed by atoms with E-state index in [4.69, 9.17) is 11.6 Å². The van der Waals surface area contributed by atoms with Gasteiger partial charge in [0.2, 0.25) is 0 Å². The zero-order valence-electron chi connectivity index (χ0n) is 6.38. The van der Waals surface area contributed by atoms with Gasteiger partial charge in [-0.1, -0.05) is 0 Å². The van der Waals surface area contributed by atoms with E-state index < -0.39 is 0 Å². The average molecular weight is 172 g/mol. The van der Waals surface area contributed by atoms with E-state index in [1.165, 1.54) is 0 Å². The van der Waals surface area contributed by atoms with Gasteiger partial charge in [-0.15, -0.1) is 11.6 Å². The van der Waals surface area contributed by atoms with Gasteiger partial charge >= 0.3 is 0 Å². The molecule has 0 fully saturated rings. The zero-order chi connectivity index (χ0) is 8.27. The highest BCUT2D eigenvalue weighted by Crippen LogP contribution is 2.03. The van der Waals surface area contributed by atoms with Gasteiger partial charge in [0.05, 0.1) is 11.6 Å². The smallest absolute Gasteiger partial charge is 0.193 e. The Bertz CT molecular complexity index is 254. The van der Waals surface area contributed by atoms with Gasteiger partial charge in [-0.25, -0.2) is 0 Å². The van der Waals surface area contributed by atoms with Crippen LogP contribution in [0.3, 0.4) is 0 Å². The number of alkyl halides is 1. The number of rotatable bonds is 3. The van der Waals surface area contributed by atoms with E-state index in [-0.39, 0.29) is 11.7 Å². The lowest BCUT2D eigenvalue weighted by Crippen LogP contribution is -2.08. The number of aryl methyl sites for hydroxylation is 1. The Morgan fingerprint density at radius 2 is 2.45 bits per heavy atom. The normalized spacial score (nSPS) is 10.0. The molecule has 0 aliphatic heterocycles. The fourth-order valence-electron chi connectivity index (χ4n) is 1.01. The van der Waals surface area contributed by atoms with Crippen molar-refractivity contribution in [3.8, 4) is 0 Å². The molecule has 3 heteroatoms. The van der Waals surface area contributed by atoms with Gasteiger partial charge in [-0.3, -0.25) is 4.79 Å². The lowest BCUT2D eigenvalue weighted by Gasteiger charge is -2.01. The molecule has 0 amide bonds. The van der Waals surface area contributed by atoms with Gasteiger partial charge < -0.3 is 4.57 Å². The first-order valence-electron chi connectivity index (χ1n) is 3.54. The summed E-state index contributed by atoms with van der Waals surface area (Å²) in [5, 5.41) is 0. The topological polar surface area (TPSA) is 22.0 Å². The molecule has 0 bridgehead atoms. The molecular formula is C8H10ClNO. The third-order valence-corrected chi connectivity index (χ3v) is 1.82. The lowest BCUT2D eigenvalue weighted by atomic mass is 10.3. The first-order valence-corrected chi connectivity index (χ1v) is 4.07. The molecule has 2 nitrogen and oxygen atoms in total. The van der Waals surface area contributed by atoms with Crippen molar-refractivity contribution < 1.29 is 4.79 Å². The number of Topliss-reactive ketones (excluding diaryl/α,β-unsaturated/α-hetero) is 1. The van der Waals surface area contributed by atoms with Crippen molar-refractivity contribution in [1.29, 1.82) is 0 Å². The number of carbonyl (C=O) groups is 1. The molecule has 0 N–H and O–H groups in total. The molecule has 1 aromatic rings. The summed E-state index contributed by atoms with van der Waals surface area (Å²) >= 11 is 5.41. The Balaban J connectivity index is 2.92. The monoisotopic (exact) mass is 171 g/mol. The number of halogens is 1. The van der Waals surface area contributed by atoms with Crippen LogP contribution in [-0.2, 0) is 6.54 Å². The second-order valence-corrected chi connectivity index (χ2v) is 2.50. The van der Waals surface area contributed by atoms with Crippen LogP contribution in [0, 0.1) is 0 Å². The van der Waals surface area contributed by atoms with E-state index >= 15 is 0 Å². The van der Waals surface area contributed by atoms with Crippen LogP contribution in [0.15, 0.2) is 18.3 Å². The fourth-order valence-corrected chi connectivity index (χ4v) is 1.15. The van der Waals surface area contributed by atoms with Crippen molar-refractivity contribution in [2.24, 2.45) is 0 Å². The molecule has 11 heavy (non-hydrogen) atoms. The van der Waals surface area contributed by atoms with Crippen molar-refractivity contribution >= 4 is 17.4 Å². The number of carbonyl (C=O) groups excluding carboxylic acids is 1. The van der Waals surface area contributed by atoms with Gasteiger partial charge in [-0.2, -0.15) is 0 Å². The maximum atomic E-state index is 11.1. The summed E-state index contributed by atoms with van der Waals surface area (Å²) in [4.78, 5) is 11.1. The molecule has 0 spiro atoms. The van der Waals surface area contributed by atoms with Gasteiger partial charge in [0.1, 0.15) is 0 Å². The largest absolute Gasteiger partial charge is 0.345 e. The third-order valence-electron chi connectivity index (χ3n) is 1.58. The number of ketones is 1. The second kappa shape index (κ2) is 3.58. The number of aromatic nitrogens is 1. The molecule has 0 aromatic carbocycles. The van der Waals surface area contributed by atoms with Crippen LogP contribution in [0.1, 0.15) is 17.4 Å². The molecule has 1 rings (SSSR count). The summed E-state index contributed by atoms with van der Waals surface area (Å²) < 4.78 is 1.88. The minimum absolute atomic E-state index is 0.0153. The average Bonchev–Trinajstić information content (AvgIpc) is 2.50. The molecule has 0 unspecified atom stereocenters. The Labute approximate surface area is 70.8 Å². The van der Waals surface area contributed by atoms with E-state index in [1.54, 1.807) is 6.07 Å². The quantitative estimate of drug-likeness (QED) is 0.503. The third kappa shape index (κ3) is 1.63. The van der Waals surface area contributed by atoms with Gasteiger partial charge in [0, 0.05) is 12.7 Å². The highest BCUT2D eigenvalue weighted by Gasteiger charge is 2.06. The van der Waals surface area contributed by atoms with Crippen molar-refractivity contribution in [2.45, 2.75) is 13.5 Å². The summed E-state index contributed by atoms with van der Waals surface area (Å²) in [5.41, 5.74) is 0.697. The summed E-state index contributed by atoms with van der Waals surface area (Å²) in [7, 11) is 0. The van der Waals surface area contributed by atoms with E-state index in [0.29, 0.717) is 5.69 Å². The highest BCUT2D eigenvalue weighted by molar-refractivity contribution is 6.30. The predicted octanol–water partition coefficient (Wildman–Crippen LogP) is 1.93. The highest BCUT2D eigenvalue weighted by atomic mass is 35.5. The van der Waals surface area contributed by atoms with Crippen molar-refractivity contribution in [3.63, 3.8) is 0 Å². The maximum Gasteiger partial charge on any atom is 0.193 e. The standard InChI is InChI=1S/C8H10ClNO/c1-2-10-5-3-4-7(10)8(11)6-9/h3-5H,2,6H2,1H3. The summed E-state index contributed by atoms with van der Waals surface area (Å²) in [5.74, 6) is 0.0443. The van der Waals surface area contributed by atoms with Gasteiger partial charge in [-0.05, 0) is 19.1 Å². The van der Waals surface area contributed by atoms with Gasteiger partial charge in [0.15, 0.2) is 5.78 Å². The lowest BCUT2D eigenvalue weighted by molar-refractivity contribution is 0.101.